The summed E-state index contributed by atoms with van der Waals surface area (Å²) in [6.07, 6.45) is -9.01. The van der Waals surface area contributed by atoms with E-state index in [1.807, 2.05) is 6.92 Å². The van der Waals surface area contributed by atoms with Crippen LogP contribution in [-0.2, 0) is 9.53 Å². The number of carbonyl (C=O) groups is 1. The second-order valence-corrected chi connectivity index (χ2v) is 5.86. The average molecular weight is 387 g/mol. The molecule has 9 heteroatoms. The van der Waals surface area contributed by atoms with Gasteiger partial charge in [-0.05, 0) is 12.3 Å². The van der Waals surface area contributed by atoms with E-state index in [4.69, 9.17) is 0 Å². The maximum Gasteiger partial charge on any atom is 0.423 e. The first kappa shape index (κ1) is 20.5. The van der Waals surface area contributed by atoms with Crippen molar-refractivity contribution in [2.75, 3.05) is 6.61 Å². The lowest BCUT2D eigenvalue weighted by Crippen LogP contribution is -2.58. The van der Waals surface area contributed by atoms with Crippen LogP contribution in [0.15, 0.2) is 0 Å². The number of hydrogen-bond acceptors (Lipinski definition) is 2. The Kier molecular flexibility index (Phi) is 7.52. The minimum atomic E-state index is -5.84. The highest BCUT2D eigenvalue weighted by molar-refractivity contribution is 9.10. The van der Waals surface area contributed by atoms with Crippen molar-refractivity contribution in [1.29, 1.82) is 0 Å². The van der Waals surface area contributed by atoms with E-state index in [-0.39, 0.29) is 5.92 Å². The molecule has 0 spiro atoms. The van der Waals surface area contributed by atoms with E-state index in [1.165, 1.54) is 15.9 Å². The lowest BCUT2D eigenvalue weighted by molar-refractivity contribution is -0.263. The Morgan fingerprint density at radius 3 is 1.90 bits per heavy atom. The van der Waals surface area contributed by atoms with Gasteiger partial charge in [0.05, 0.1) is 6.61 Å². The van der Waals surface area contributed by atoms with Gasteiger partial charge in [0.15, 0.2) is 0 Å². The van der Waals surface area contributed by atoms with Crippen LogP contribution < -0.4 is 0 Å². The fourth-order valence-corrected chi connectivity index (χ4v) is 1.70. The summed E-state index contributed by atoms with van der Waals surface area (Å²) in [6.45, 7) is 3.16. The van der Waals surface area contributed by atoms with Gasteiger partial charge in [-0.3, -0.25) is 0 Å². The van der Waals surface area contributed by atoms with Crippen molar-refractivity contribution < 1.29 is 35.9 Å². The minimum Gasteiger partial charge on any atom is -0.464 e. The van der Waals surface area contributed by atoms with Crippen LogP contribution in [0.4, 0.5) is 26.3 Å². The molecule has 0 aliphatic rings. The molecule has 0 heterocycles. The van der Waals surface area contributed by atoms with Crippen molar-refractivity contribution in [3.8, 4) is 0 Å². The Hall–Kier alpha value is -0.470. The van der Waals surface area contributed by atoms with Gasteiger partial charge in [-0.1, -0.05) is 49.0 Å². The molecule has 0 fully saturated rings. The van der Waals surface area contributed by atoms with Crippen molar-refractivity contribution >= 4 is 21.9 Å². The molecular formula is C12H17BrF6O2. The molecule has 126 valence electrons. The van der Waals surface area contributed by atoms with Gasteiger partial charge in [-0.15, -0.1) is 0 Å². The summed E-state index contributed by atoms with van der Waals surface area (Å²) in [5, 5.41) is 0. The lowest BCUT2D eigenvalue weighted by atomic mass is 10.0. The van der Waals surface area contributed by atoms with Crippen LogP contribution >= 0.6 is 15.9 Å². The van der Waals surface area contributed by atoms with Crippen LogP contribution in [-0.4, -0.2) is 29.3 Å². The third kappa shape index (κ3) is 5.03. The van der Waals surface area contributed by atoms with Crippen LogP contribution in [0.2, 0.25) is 0 Å². The molecule has 0 N–H and O–H groups in total. The van der Waals surface area contributed by atoms with Gasteiger partial charge in [0.2, 0.25) is 0 Å². The molecule has 0 aliphatic heterocycles. The van der Waals surface area contributed by atoms with Crippen molar-refractivity contribution in [3.63, 3.8) is 0 Å². The van der Waals surface area contributed by atoms with Gasteiger partial charge in [-0.2, -0.15) is 26.3 Å². The molecule has 0 amide bonds. The SMILES string of the molecule is CCCCC(CC)COC(=O)C(Br)(C(F)(F)F)C(F)(F)F. The van der Waals surface area contributed by atoms with Crippen molar-refractivity contribution in [2.45, 2.75) is 56.2 Å². The second-order valence-electron chi connectivity index (χ2n) is 4.67. The first-order valence-corrected chi connectivity index (χ1v) is 7.20. The Balaban J connectivity index is 4.95. The van der Waals surface area contributed by atoms with Gasteiger partial charge in [-0.25, -0.2) is 4.79 Å². The van der Waals surface area contributed by atoms with E-state index in [2.05, 4.69) is 4.74 Å². The molecule has 0 aromatic heterocycles. The van der Waals surface area contributed by atoms with E-state index < -0.39 is 29.3 Å². The Morgan fingerprint density at radius 2 is 1.57 bits per heavy atom. The van der Waals surface area contributed by atoms with Crippen LogP contribution in [0.25, 0.3) is 0 Å². The summed E-state index contributed by atoms with van der Waals surface area (Å²) in [4.78, 5) is 11.3. The summed E-state index contributed by atoms with van der Waals surface area (Å²) >= 11 is 1.49. The number of ether oxygens (including phenoxy) is 1. The van der Waals surface area contributed by atoms with Crippen LogP contribution in [0.1, 0.15) is 39.5 Å². The maximum absolute atomic E-state index is 12.6. The van der Waals surface area contributed by atoms with Gasteiger partial charge in [0.25, 0.3) is 0 Å². The largest absolute Gasteiger partial charge is 0.464 e. The summed E-state index contributed by atoms with van der Waals surface area (Å²) < 4.78 is 75.2. The van der Waals surface area contributed by atoms with Crippen molar-refractivity contribution in [1.82, 2.24) is 0 Å². The number of rotatable bonds is 7. The van der Waals surface area contributed by atoms with E-state index in [9.17, 15) is 31.1 Å². The molecular weight excluding hydrogens is 370 g/mol. The molecule has 1 unspecified atom stereocenters. The molecule has 0 aromatic carbocycles. The average Bonchev–Trinajstić information content (AvgIpc) is 2.34. The highest BCUT2D eigenvalue weighted by Crippen LogP contribution is 2.50. The van der Waals surface area contributed by atoms with Crippen LogP contribution in [0, 0.1) is 5.92 Å². The van der Waals surface area contributed by atoms with Crippen LogP contribution in [0.5, 0.6) is 0 Å². The summed E-state index contributed by atoms with van der Waals surface area (Å²) in [5.41, 5.74) is 0. The second kappa shape index (κ2) is 7.69. The zero-order valence-electron chi connectivity index (χ0n) is 11.6. The third-order valence-electron chi connectivity index (χ3n) is 3.06. The Labute approximate surface area is 127 Å². The summed E-state index contributed by atoms with van der Waals surface area (Å²) in [5.74, 6) is -2.63. The molecule has 0 saturated carbocycles. The van der Waals surface area contributed by atoms with E-state index in [0.29, 0.717) is 12.8 Å². The third-order valence-corrected chi connectivity index (χ3v) is 4.28. The predicted molar refractivity (Wildman–Crippen MR) is 68.0 cm³/mol. The number of carbonyl (C=O) groups excluding carboxylic acids is 1. The van der Waals surface area contributed by atoms with Crippen molar-refractivity contribution in [2.24, 2.45) is 5.92 Å². The van der Waals surface area contributed by atoms with E-state index in [1.54, 1.807) is 6.92 Å². The minimum absolute atomic E-state index is 0.257. The first-order valence-electron chi connectivity index (χ1n) is 6.41. The monoisotopic (exact) mass is 386 g/mol. The van der Waals surface area contributed by atoms with E-state index >= 15 is 0 Å². The van der Waals surface area contributed by atoms with Gasteiger partial charge < -0.3 is 4.74 Å². The first-order chi connectivity index (χ1) is 9.41. The highest BCUT2D eigenvalue weighted by atomic mass is 79.9. The smallest absolute Gasteiger partial charge is 0.423 e. The number of hydrogen-bond donors (Lipinski definition) is 0. The normalized spacial score (nSPS) is 14.9. The molecule has 0 saturated heterocycles. The molecule has 0 bridgehead atoms. The molecule has 0 rings (SSSR count). The topological polar surface area (TPSA) is 26.3 Å². The number of unbranched alkanes of at least 4 members (excludes halogenated alkanes) is 1. The molecule has 0 aliphatic carbocycles. The highest BCUT2D eigenvalue weighted by Gasteiger charge is 2.75. The Morgan fingerprint density at radius 1 is 1.10 bits per heavy atom. The quantitative estimate of drug-likeness (QED) is 0.349. The number of esters is 1. The summed E-state index contributed by atoms with van der Waals surface area (Å²) in [7, 11) is 0. The lowest BCUT2D eigenvalue weighted by Gasteiger charge is -2.30. The zero-order valence-corrected chi connectivity index (χ0v) is 13.2. The molecule has 0 radical (unpaired) electrons. The zero-order chi connectivity index (χ0) is 16.9. The predicted octanol–water partition coefficient (Wildman–Crippen LogP) is 5.00. The number of halogens is 7. The standard InChI is InChI=1S/C12H17BrF6O2/c1-3-5-6-8(4-2)7-21-9(20)10(13,11(14,15)16)12(17,18)19/h8H,3-7H2,1-2H3. The van der Waals surface area contributed by atoms with Gasteiger partial charge in [0, 0.05) is 0 Å². The number of alkyl halides is 7. The molecule has 0 aromatic rings. The molecule has 2 nitrogen and oxygen atoms in total. The fraction of sp³-hybridized carbons (Fsp3) is 0.917. The van der Waals surface area contributed by atoms with Crippen LogP contribution in [0.3, 0.4) is 0 Å². The van der Waals surface area contributed by atoms with E-state index in [0.717, 1.165) is 12.8 Å². The fourth-order valence-electron chi connectivity index (χ4n) is 1.58. The maximum atomic E-state index is 12.6. The van der Waals surface area contributed by atoms with Gasteiger partial charge >= 0.3 is 22.6 Å². The van der Waals surface area contributed by atoms with Crippen molar-refractivity contribution in [3.05, 3.63) is 0 Å². The Bertz CT molecular complexity index is 326. The summed E-state index contributed by atoms with van der Waals surface area (Å²) in [6, 6.07) is 0. The molecule has 21 heavy (non-hydrogen) atoms. The van der Waals surface area contributed by atoms with Gasteiger partial charge in [0.1, 0.15) is 0 Å². The molecule has 1 atom stereocenters.